The zero-order valence-electron chi connectivity index (χ0n) is 12.4. The van der Waals surface area contributed by atoms with Gasteiger partial charge in [-0.3, -0.25) is 4.90 Å². The number of nitrogens with zero attached hydrogens (tertiary/aromatic N) is 1. The molecule has 1 aromatic carbocycles. The normalized spacial score (nSPS) is 30.6. The molecule has 2 heterocycles. The molecule has 1 nitrogen and oxygen atoms in total. The van der Waals surface area contributed by atoms with Crippen LogP contribution in [0.3, 0.4) is 0 Å². The first-order valence-electron chi connectivity index (χ1n) is 7.54. The third kappa shape index (κ3) is 2.39. The predicted octanol–water partition coefficient (Wildman–Crippen LogP) is 3.11. The van der Waals surface area contributed by atoms with Crippen molar-refractivity contribution in [2.24, 2.45) is 0 Å². The van der Waals surface area contributed by atoms with Crippen molar-refractivity contribution in [3.05, 3.63) is 47.0 Å². The topological polar surface area (TPSA) is 3.24 Å². The van der Waals surface area contributed by atoms with E-state index in [0.29, 0.717) is 5.44 Å². The Balaban J connectivity index is 1.83. The fourth-order valence-corrected chi connectivity index (χ4v) is 3.92. The minimum Gasteiger partial charge on any atom is -0.298 e. The molecule has 0 amide bonds. The molecule has 2 bridgehead atoms. The maximum atomic E-state index is 2.77. The summed E-state index contributed by atoms with van der Waals surface area (Å²) in [6.45, 7) is 5.69. The maximum Gasteiger partial charge on any atom is 0.128 e. The van der Waals surface area contributed by atoms with E-state index in [1.54, 1.807) is 11.1 Å². The zero-order chi connectivity index (χ0) is 13.5. The molecule has 0 saturated carbocycles. The molecule has 0 N–H and O–H groups in total. The average Bonchev–Trinajstić information content (AvgIpc) is 2.59. The lowest BCUT2D eigenvalue weighted by Crippen LogP contribution is -2.50. The highest BCUT2D eigenvalue weighted by atomic mass is 15.2. The van der Waals surface area contributed by atoms with Crippen molar-refractivity contribution in [3.8, 4) is 0 Å². The van der Waals surface area contributed by atoms with E-state index >= 15 is 0 Å². The van der Waals surface area contributed by atoms with Crippen LogP contribution in [0.15, 0.2) is 41.5 Å². The van der Waals surface area contributed by atoms with Crippen LogP contribution in [-0.4, -0.2) is 24.2 Å². The van der Waals surface area contributed by atoms with E-state index in [2.05, 4.69) is 56.9 Å². The Morgan fingerprint density at radius 1 is 1.32 bits per heavy atom. The first-order valence-corrected chi connectivity index (χ1v) is 7.54. The summed E-state index contributed by atoms with van der Waals surface area (Å²) in [4.78, 5) is 2.77. The van der Waals surface area contributed by atoms with E-state index in [-0.39, 0.29) is 0 Å². The van der Waals surface area contributed by atoms with Crippen LogP contribution < -0.4 is 0 Å². The van der Waals surface area contributed by atoms with Gasteiger partial charge in [0.05, 0.1) is 0 Å². The van der Waals surface area contributed by atoms with Gasteiger partial charge < -0.3 is 0 Å². The lowest BCUT2D eigenvalue weighted by atomic mass is 9.69. The van der Waals surface area contributed by atoms with Crippen LogP contribution in [0, 0.1) is 0 Å². The van der Waals surface area contributed by atoms with E-state index in [4.69, 9.17) is 0 Å². The van der Waals surface area contributed by atoms with Gasteiger partial charge in [0.15, 0.2) is 0 Å². The van der Waals surface area contributed by atoms with Crippen LogP contribution in [0.1, 0.15) is 45.1 Å². The summed E-state index contributed by atoms with van der Waals surface area (Å²) in [6, 6.07) is 11.7. The third-order valence-corrected chi connectivity index (χ3v) is 5.13. The molecule has 0 aliphatic carbocycles. The van der Waals surface area contributed by atoms with Crippen molar-refractivity contribution in [1.82, 2.24) is 4.90 Å². The second-order valence-electron chi connectivity index (χ2n) is 6.79. The highest BCUT2D eigenvalue weighted by molar-refractivity contribution is 6.15. The fourth-order valence-electron chi connectivity index (χ4n) is 3.92. The summed E-state index contributed by atoms with van der Waals surface area (Å²) in [5.74, 6) is 0. The Morgan fingerprint density at radius 3 is 2.68 bits per heavy atom. The smallest absolute Gasteiger partial charge is 0.128 e. The van der Waals surface area contributed by atoms with Gasteiger partial charge in [-0.25, -0.2) is 0 Å². The largest absolute Gasteiger partial charge is 0.298 e. The number of hydrogen-bond acceptors (Lipinski definition) is 1. The van der Waals surface area contributed by atoms with Gasteiger partial charge in [-0.15, -0.1) is 0 Å². The molecule has 2 fully saturated rings. The molecule has 2 aliphatic rings. The van der Waals surface area contributed by atoms with Crippen molar-refractivity contribution in [2.75, 3.05) is 0 Å². The van der Waals surface area contributed by atoms with Gasteiger partial charge in [-0.1, -0.05) is 41.5 Å². The SMILES string of the molecule is BC12CCC(CC(=C(C)C)C1)N2Cc1ccccc1. The van der Waals surface area contributed by atoms with Crippen molar-refractivity contribution in [1.29, 1.82) is 0 Å². The van der Waals surface area contributed by atoms with Crippen molar-refractivity contribution >= 4 is 7.85 Å². The van der Waals surface area contributed by atoms with Gasteiger partial charge in [0.1, 0.15) is 7.85 Å². The highest BCUT2D eigenvalue weighted by Crippen LogP contribution is 2.45. The van der Waals surface area contributed by atoms with Gasteiger partial charge in [0.25, 0.3) is 0 Å². The summed E-state index contributed by atoms with van der Waals surface area (Å²) >= 11 is 0. The lowest BCUT2D eigenvalue weighted by molar-refractivity contribution is 0.128. The fraction of sp³-hybridized carbons (Fsp3) is 0.529. The van der Waals surface area contributed by atoms with Gasteiger partial charge in [-0.2, -0.15) is 0 Å². The average molecular weight is 253 g/mol. The van der Waals surface area contributed by atoms with Gasteiger partial charge >= 0.3 is 0 Å². The zero-order valence-corrected chi connectivity index (χ0v) is 12.4. The van der Waals surface area contributed by atoms with E-state index in [1.807, 2.05) is 0 Å². The molecule has 2 atom stereocenters. The molecule has 1 aromatic rings. The van der Waals surface area contributed by atoms with E-state index < -0.39 is 0 Å². The van der Waals surface area contributed by atoms with Crippen LogP contribution in [-0.2, 0) is 6.54 Å². The Bertz CT molecular complexity index is 489. The molecule has 2 saturated heterocycles. The minimum absolute atomic E-state index is 0.394. The number of hydrogen-bond donors (Lipinski definition) is 0. The Labute approximate surface area is 118 Å². The van der Waals surface area contributed by atoms with Crippen LogP contribution in [0.25, 0.3) is 0 Å². The number of allylic oxidation sites excluding steroid dienone is 1. The van der Waals surface area contributed by atoms with Crippen molar-refractivity contribution in [3.63, 3.8) is 0 Å². The van der Waals surface area contributed by atoms with Gasteiger partial charge in [0.2, 0.25) is 0 Å². The molecule has 2 unspecified atom stereocenters. The molecule has 100 valence electrons. The minimum atomic E-state index is 0.394. The molecule has 0 aromatic heterocycles. The first kappa shape index (κ1) is 13.0. The number of piperidine rings is 1. The summed E-state index contributed by atoms with van der Waals surface area (Å²) in [5, 5.41) is 0. The van der Waals surface area contributed by atoms with Crippen molar-refractivity contribution in [2.45, 2.75) is 57.6 Å². The third-order valence-electron chi connectivity index (χ3n) is 5.13. The quantitative estimate of drug-likeness (QED) is 0.578. The Kier molecular flexibility index (Phi) is 3.30. The second-order valence-corrected chi connectivity index (χ2v) is 6.79. The van der Waals surface area contributed by atoms with Crippen LogP contribution >= 0.6 is 0 Å². The molecule has 2 heteroatoms. The number of fused-ring (bicyclic) bond motifs is 2. The maximum absolute atomic E-state index is 2.77. The summed E-state index contributed by atoms with van der Waals surface area (Å²) in [5.41, 5.74) is 5.12. The summed E-state index contributed by atoms with van der Waals surface area (Å²) < 4.78 is 0. The lowest BCUT2D eigenvalue weighted by Gasteiger charge is -2.44. The Hall–Kier alpha value is -1.02. The summed E-state index contributed by atoms with van der Waals surface area (Å²) in [6.07, 6.45) is 5.31. The molecule has 0 spiro atoms. The van der Waals surface area contributed by atoms with Crippen LogP contribution in [0.2, 0.25) is 0 Å². The number of rotatable bonds is 2. The molecule has 3 rings (SSSR count). The first-order chi connectivity index (χ1) is 9.08. The molecule has 0 radical (unpaired) electrons. The highest BCUT2D eigenvalue weighted by Gasteiger charge is 2.46. The number of benzene rings is 1. The molecule has 2 aliphatic heterocycles. The Morgan fingerprint density at radius 2 is 2.05 bits per heavy atom. The van der Waals surface area contributed by atoms with Gasteiger partial charge in [-0.05, 0) is 50.5 Å². The van der Waals surface area contributed by atoms with E-state index in [1.165, 1.54) is 31.2 Å². The molecular formula is C17H24BN. The molecular weight excluding hydrogens is 229 g/mol. The van der Waals surface area contributed by atoms with Crippen LogP contribution in [0.5, 0.6) is 0 Å². The monoisotopic (exact) mass is 253 g/mol. The standard InChI is InChI=1S/C17H24BN/c1-13(2)15-10-16-8-9-17(18,11-15)19(16)12-14-6-4-3-5-7-14/h3-7,16H,8-12,18H2,1-2H3. The van der Waals surface area contributed by atoms with E-state index in [0.717, 1.165) is 12.6 Å². The van der Waals surface area contributed by atoms with E-state index in [9.17, 15) is 0 Å². The second kappa shape index (κ2) is 4.83. The molecule has 19 heavy (non-hydrogen) atoms. The predicted molar refractivity (Wildman–Crippen MR) is 83.9 cm³/mol. The van der Waals surface area contributed by atoms with Gasteiger partial charge in [0, 0.05) is 12.6 Å². The summed E-state index contributed by atoms with van der Waals surface area (Å²) in [7, 11) is 2.47. The van der Waals surface area contributed by atoms with Crippen molar-refractivity contribution < 1.29 is 0 Å². The van der Waals surface area contributed by atoms with Crippen LogP contribution in [0.4, 0.5) is 0 Å².